The maximum Gasteiger partial charge on any atom is 0.0770 e. The van der Waals surface area contributed by atoms with Crippen LogP contribution in [0.2, 0.25) is 0 Å². The number of hydrogen-bond donors (Lipinski definition) is 2. The van der Waals surface area contributed by atoms with Crippen molar-refractivity contribution >= 4 is 23.7 Å². The Morgan fingerprint density at radius 3 is 2.50 bits per heavy atom. The van der Waals surface area contributed by atoms with E-state index < -0.39 is 0 Å². The molecule has 0 radical (unpaired) electrons. The van der Waals surface area contributed by atoms with Crippen LogP contribution >= 0.6 is 23.7 Å². The minimum Gasteiger partial charge on any atom is -0.303 e. The van der Waals surface area contributed by atoms with Gasteiger partial charge in [-0.15, -0.1) is 0 Å². The van der Waals surface area contributed by atoms with Gasteiger partial charge in [0.1, 0.15) is 0 Å². The molecule has 1 rings (SSSR count). The Hall–Kier alpha value is 0.620. The van der Waals surface area contributed by atoms with E-state index in [-0.39, 0.29) is 0 Å². The van der Waals surface area contributed by atoms with E-state index in [1.54, 1.807) is 0 Å². The molecular formula is C14H30N2S2. The molecule has 1 aliphatic heterocycles. The molecule has 1 unspecified atom stereocenters. The highest BCUT2D eigenvalue weighted by molar-refractivity contribution is 8.02. The maximum absolute atomic E-state index is 3.53. The second-order valence-corrected chi connectivity index (χ2v) is 7.25. The average Bonchev–Trinajstić information content (AvgIpc) is 2.42. The third-order valence-electron chi connectivity index (χ3n) is 3.25. The van der Waals surface area contributed by atoms with Gasteiger partial charge in [0.15, 0.2) is 0 Å². The van der Waals surface area contributed by atoms with E-state index in [4.69, 9.17) is 0 Å². The Morgan fingerprint density at radius 2 is 1.83 bits per heavy atom. The van der Waals surface area contributed by atoms with Gasteiger partial charge in [-0.3, -0.25) is 4.72 Å². The van der Waals surface area contributed by atoms with Crippen molar-refractivity contribution in [2.45, 2.75) is 63.7 Å². The number of rotatable bonds is 11. The quantitative estimate of drug-likeness (QED) is 0.443. The molecule has 18 heavy (non-hydrogen) atoms. The van der Waals surface area contributed by atoms with Crippen LogP contribution in [0, 0.1) is 0 Å². The summed E-state index contributed by atoms with van der Waals surface area (Å²) in [5, 5.41) is 4.15. The van der Waals surface area contributed by atoms with Crippen LogP contribution in [0.5, 0.6) is 0 Å². The van der Waals surface area contributed by atoms with Gasteiger partial charge in [0.05, 0.1) is 5.37 Å². The zero-order valence-electron chi connectivity index (χ0n) is 11.9. The number of hydrogen-bond acceptors (Lipinski definition) is 4. The van der Waals surface area contributed by atoms with Crippen LogP contribution in [-0.2, 0) is 0 Å². The summed E-state index contributed by atoms with van der Waals surface area (Å²) in [4.78, 5) is 0. The molecular weight excluding hydrogens is 260 g/mol. The Balaban J connectivity index is 1.73. The lowest BCUT2D eigenvalue weighted by Gasteiger charge is -2.22. The van der Waals surface area contributed by atoms with Gasteiger partial charge < -0.3 is 5.32 Å². The van der Waals surface area contributed by atoms with Crippen LogP contribution in [0.3, 0.4) is 0 Å². The van der Waals surface area contributed by atoms with Crippen LogP contribution in [0.4, 0.5) is 0 Å². The monoisotopic (exact) mass is 290 g/mol. The Morgan fingerprint density at radius 1 is 1.11 bits per heavy atom. The van der Waals surface area contributed by atoms with Crippen molar-refractivity contribution in [2.24, 2.45) is 0 Å². The summed E-state index contributed by atoms with van der Waals surface area (Å²) in [6.45, 7) is 4.62. The predicted molar refractivity (Wildman–Crippen MR) is 87.3 cm³/mol. The van der Waals surface area contributed by atoms with Gasteiger partial charge in [0.25, 0.3) is 0 Å². The summed E-state index contributed by atoms with van der Waals surface area (Å²) in [7, 11) is 0. The highest BCUT2D eigenvalue weighted by atomic mass is 32.2. The van der Waals surface area contributed by atoms with E-state index in [1.165, 1.54) is 76.0 Å². The SMILES string of the molecule is CCCCCCCCCCNSC1CSCCN1. The molecule has 108 valence electrons. The van der Waals surface area contributed by atoms with Crippen LogP contribution in [-0.4, -0.2) is 30.0 Å². The lowest BCUT2D eigenvalue weighted by Crippen LogP contribution is -2.36. The fourth-order valence-corrected chi connectivity index (χ4v) is 4.09. The zero-order valence-corrected chi connectivity index (χ0v) is 13.5. The first-order valence-electron chi connectivity index (χ1n) is 7.63. The van der Waals surface area contributed by atoms with Gasteiger partial charge in [-0.25, -0.2) is 0 Å². The summed E-state index contributed by atoms with van der Waals surface area (Å²) >= 11 is 3.95. The Kier molecular flexibility index (Phi) is 11.7. The second-order valence-electron chi connectivity index (χ2n) is 5.00. The van der Waals surface area contributed by atoms with Crippen LogP contribution < -0.4 is 10.0 Å². The third kappa shape index (κ3) is 9.54. The molecule has 1 fully saturated rings. The molecule has 4 heteroatoms. The largest absolute Gasteiger partial charge is 0.303 e. The number of thioether (sulfide) groups is 1. The van der Waals surface area contributed by atoms with Gasteiger partial charge in [-0.2, -0.15) is 11.8 Å². The summed E-state index contributed by atoms with van der Waals surface area (Å²) < 4.78 is 3.51. The van der Waals surface area contributed by atoms with Crippen molar-refractivity contribution < 1.29 is 0 Å². The van der Waals surface area contributed by atoms with Crippen molar-refractivity contribution in [1.82, 2.24) is 10.0 Å². The van der Waals surface area contributed by atoms with Crippen LogP contribution in [0.15, 0.2) is 0 Å². The van der Waals surface area contributed by atoms with Gasteiger partial charge >= 0.3 is 0 Å². The molecule has 0 aliphatic carbocycles. The average molecular weight is 291 g/mol. The first kappa shape index (κ1) is 16.7. The molecule has 0 spiro atoms. The van der Waals surface area contributed by atoms with Crippen molar-refractivity contribution in [2.75, 3.05) is 24.6 Å². The number of unbranched alkanes of at least 4 members (excludes halogenated alkanes) is 7. The molecule has 0 amide bonds. The fourth-order valence-electron chi connectivity index (χ4n) is 2.11. The normalized spacial score (nSPS) is 20.2. The first-order valence-corrected chi connectivity index (χ1v) is 9.66. The molecule has 0 bridgehead atoms. The first-order chi connectivity index (χ1) is 8.93. The smallest absolute Gasteiger partial charge is 0.0770 e. The van der Waals surface area contributed by atoms with Gasteiger partial charge in [0, 0.05) is 24.6 Å². The Bertz CT molecular complexity index is 173. The standard InChI is InChI=1S/C14H30N2S2/c1-2-3-4-5-6-7-8-9-10-16-18-14-13-17-12-11-15-14/h14-16H,2-13H2,1H3. The topological polar surface area (TPSA) is 24.1 Å². The summed E-state index contributed by atoms with van der Waals surface area (Å²) in [5.41, 5.74) is 0. The van der Waals surface area contributed by atoms with Crippen LogP contribution in [0.1, 0.15) is 58.3 Å². The van der Waals surface area contributed by atoms with E-state index in [0.29, 0.717) is 5.37 Å². The van der Waals surface area contributed by atoms with E-state index in [1.807, 2.05) is 11.9 Å². The molecule has 1 heterocycles. The number of nitrogens with one attached hydrogen (secondary N) is 2. The lowest BCUT2D eigenvalue weighted by molar-refractivity contribution is 0.574. The van der Waals surface area contributed by atoms with Gasteiger partial charge in [-0.1, -0.05) is 63.8 Å². The molecule has 1 aliphatic rings. The van der Waals surface area contributed by atoms with Gasteiger partial charge in [0.2, 0.25) is 0 Å². The van der Waals surface area contributed by atoms with Crippen molar-refractivity contribution in [3.8, 4) is 0 Å². The highest BCUT2D eigenvalue weighted by Gasteiger charge is 2.12. The van der Waals surface area contributed by atoms with Gasteiger partial charge in [-0.05, 0) is 6.42 Å². The summed E-state index contributed by atoms with van der Waals surface area (Å²) in [6.07, 6.45) is 11.3. The fraction of sp³-hybridized carbons (Fsp3) is 1.00. The van der Waals surface area contributed by atoms with E-state index >= 15 is 0 Å². The van der Waals surface area contributed by atoms with E-state index in [9.17, 15) is 0 Å². The third-order valence-corrected chi connectivity index (χ3v) is 5.51. The second kappa shape index (κ2) is 12.6. The van der Waals surface area contributed by atoms with Crippen molar-refractivity contribution in [3.63, 3.8) is 0 Å². The van der Waals surface area contributed by atoms with Crippen LogP contribution in [0.25, 0.3) is 0 Å². The maximum atomic E-state index is 3.53. The molecule has 0 aromatic rings. The molecule has 1 atom stereocenters. The predicted octanol–water partition coefficient (Wildman–Crippen LogP) is 4.03. The lowest BCUT2D eigenvalue weighted by atomic mass is 10.1. The molecule has 0 aromatic carbocycles. The summed E-state index contributed by atoms with van der Waals surface area (Å²) in [6, 6.07) is 0. The van der Waals surface area contributed by atoms with E-state index in [0.717, 1.165) is 0 Å². The summed E-state index contributed by atoms with van der Waals surface area (Å²) in [5.74, 6) is 2.52. The minimum atomic E-state index is 0.623. The zero-order chi connectivity index (χ0) is 12.9. The molecule has 2 N–H and O–H groups in total. The molecule has 2 nitrogen and oxygen atoms in total. The molecule has 1 saturated heterocycles. The van der Waals surface area contributed by atoms with Crippen molar-refractivity contribution in [1.29, 1.82) is 0 Å². The highest BCUT2D eigenvalue weighted by Crippen LogP contribution is 2.15. The van der Waals surface area contributed by atoms with E-state index in [2.05, 4.69) is 28.7 Å². The molecule has 0 aromatic heterocycles. The molecule has 0 saturated carbocycles. The van der Waals surface area contributed by atoms with Crippen molar-refractivity contribution in [3.05, 3.63) is 0 Å². The minimum absolute atomic E-state index is 0.623. The Labute approximate surface area is 122 Å².